The molecule has 2 fully saturated rings. The van der Waals surface area contributed by atoms with Crippen LogP contribution in [0.15, 0.2) is 11.6 Å². The van der Waals surface area contributed by atoms with Gasteiger partial charge in [0, 0.05) is 20.3 Å². The van der Waals surface area contributed by atoms with Crippen LogP contribution in [0.1, 0.15) is 33.1 Å². The van der Waals surface area contributed by atoms with Crippen LogP contribution in [0, 0.1) is 17.2 Å². The Balaban J connectivity index is 2.10. The van der Waals surface area contributed by atoms with Gasteiger partial charge in [-0.05, 0) is 25.2 Å². The molecular weight excluding hydrogens is 268 g/mol. The number of methoxy groups -OCH3 is 1. The maximum Gasteiger partial charge on any atom is 0.264 e. The Bertz CT molecular complexity index is 459. The van der Waals surface area contributed by atoms with E-state index in [-0.39, 0.29) is 29.1 Å². The number of amides is 1. The second kappa shape index (κ2) is 6.59. The normalized spacial score (nSPS) is 30.0. The molecular formula is C16H24N2O3. The van der Waals surface area contributed by atoms with Gasteiger partial charge in [-0.1, -0.05) is 19.9 Å². The van der Waals surface area contributed by atoms with Crippen molar-refractivity contribution in [2.24, 2.45) is 5.92 Å². The quantitative estimate of drug-likeness (QED) is 0.588. The van der Waals surface area contributed by atoms with Crippen molar-refractivity contribution in [3.8, 4) is 6.07 Å². The Morgan fingerprint density at radius 2 is 2.29 bits per heavy atom. The van der Waals surface area contributed by atoms with E-state index in [1.165, 1.54) is 0 Å². The summed E-state index contributed by atoms with van der Waals surface area (Å²) in [6.07, 6.45) is 4.42. The van der Waals surface area contributed by atoms with Crippen LogP contribution in [0.4, 0.5) is 0 Å². The van der Waals surface area contributed by atoms with E-state index in [2.05, 4.69) is 0 Å². The highest BCUT2D eigenvalue weighted by Crippen LogP contribution is 2.37. The number of carbonyl (C=O) groups is 1. The van der Waals surface area contributed by atoms with E-state index in [1.807, 2.05) is 19.9 Å². The third-order valence-electron chi connectivity index (χ3n) is 4.33. The molecule has 1 spiro atoms. The van der Waals surface area contributed by atoms with E-state index < -0.39 is 0 Å². The molecule has 2 saturated heterocycles. The second-order valence-corrected chi connectivity index (χ2v) is 6.18. The van der Waals surface area contributed by atoms with Crippen molar-refractivity contribution in [1.29, 1.82) is 5.26 Å². The Morgan fingerprint density at radius 1 is 1.52 bits per heavy atom. The lowest BCUT2D eigenvalue weighted by Gasteiger charge is -2.44. The first kappa shape index (κ1) is 16.0. The van der Waals surface area contributed by atoms with E-state index in [4.69, 9.17) is 9.47 Å². The van der Waals surface area contributed by atoms with Crippen molar-refractivity contribution in [3.05, 3.63) is 11.6 Å². The van der Waals surface area contributed by atoms with Crippen LogP contribution in [0.3, 0.4) is 0 Å². The van der Waals surface area contributed by atoms with Crippen molar-refractivity contribution in [2.45, 2.75) is 44.8 Å². The molecule has 2 heterocycles. The largest absolute Gasteiger partial charge is 0.377 e. The summed E-state index contributed by atoms with van der Waals surface area (Å²) < 4.78 is 11.5. The predicted octanol–water partition coefficient (Wildman–Crippen LogP) is 1.89. The van der Waals surface area contributed by atoms with Gasteiger partial charge in [-0.3, -0.25) is 4.79 Å². The number of likely N-dealkylation sites (tertiary alicyclic amines) is 1. The lowest BCUT2D eigenvalue weighted by Crippen LogP contribution is -2.57. The van der Waals surface area contributed by atoms with Gasteiger partial charge in [0.15, 0.2) is 0 Å². The van der Waals surface area contributed by atoms with Crippen LogP contribution in [0.25, 0.3) is 0 Å². The topological polar surface area (TPSA) is 62.6 Å². The summed E-state index contributed by atoms with van der Waals surface area (Å²) in [5.74, 6) is -0.0165. The van der Waals surface area contributed by atoms with Gasteiger partial charge in [0.1, 0.15) is 17.7 Å². The first-order chi connectivity index (χ1) is 10.0. The third-order valence-corrected chi connectivity index (χ3v) is 4.33. The number of nitrogens with zero attached hydrogens (tertiary/aromatic N) is 2. The molecule has 0 aromatic rings. The zero-order valence-electron chi connectivity index (χ0n) is 13.1. The highest BCUT2D eigenvalue weighted by atomic mass is 16.5. The molecule has 2 unspecified atom stereocenters. The maximum absolute atomic E-state index is 12.5. The number of rotatable bonds is 3. The Labute approximate surface area is 126 Å². The molecule has 0 aromatic carbocycles. The van der Waals surface area contributed by atoms with Crippen LogP contribution in [-0.2, 0) is 14.3 Å². The highest BCUT2D eigenvalue weighted by molar-refractivity contribution is 5.97. The van der Waals surface area contributed by atoms with Crippen molar-refractivity contribution in [1.82, 2.24) is 4.90 Å². The molecule has 0 radical (unpaired) electrons. The van der Waals surface area contributed by atoms with Gasteiger partial charge in [-0.25, -0.2) is 0 Å². The Kier molecular flexibility index (Phi) is 5.02. The Hall–Kier alpha value is -1.38. The standard InChI is InChI=1S/C16H24N2O3/c1-12(2)9-13(10-17)15(19)18-7-6-16(5-4-8-21-16)14(11-18)20-3/h9,12,14H,4-8,11H2,1-3H3/b13-9+. The van der Waals surface area contributed by atoms with E-state index in [0.717, 1.165) is 25.9 Å². The average Bonchev–Trinajstić information content (AvgIpc) is 2.93. The van der Waals surface area contributed by atoms with Crippen LogP contribution < -0.4 is 0 Å². The Morgan fingerprint density at radius 3 is 2.81 bits per heavy atom. The summed E-state index contributed by atoms with van der Waals surface area (Å²) in [7, 11) is 1.66. The van der Waals surface area contributed by atoms with Crippen LogP contribution in [0.5, 0.6) is 0 Å². The SMILES string of the molecule is COC1CN(C(=O)/C(C#N)=C/C(C)C)CCC12CCCO2. The zero-order valence-corrected chi connectivity index (χ0v) is 13.1. The fourth-order valence-electron chi connectivity index (χ4n) is 3.25. The number of ether oxygens (including phenoxy) is 2. The summed E-state index contributed by atoms with van der Waals surface area (Å²) >= 11 is 0. The molecule has 21 heavy (non-hydrogen) atoms. The van der Waals surface area contributed by atoms with Gasteiger partial charge >= 0.3 is 0 Å². The lowest BCUT2D eigenvalue weighted by molar-refractivity contribution is -0.155. The fourth-order valence-corrected chi connectivity index (χ4v) is 3.25. The van der Waals surface area contributed by atoms with Crippen LogP contribution in [0.2, 0.25) is 0 Å². The number of allylic oxidation sites excluding steroid dienone is 1. The molecule has 2 aliphatic heterocycles. The average molecular weight is 292 g/mol. The summed E-state index contributed by atoms with van der Waals surface area (Å²) in [5, 5.41) is 9.18. The number of carbonyl (C=O) groups excluding carboxylic acids is 1. The monoisotopic (exact) mass is 292 g/mol. The molecule has 1 amide bonds. The molecule has 0 saturated carbocycles. The van der Waals surface area contributed by atoms with E-state index in [0.29, 0.717) is 13.1 Å². The van der Waals surface area contributed by atoms with Gasteiger partial charge in [-0.15, -0.1) is 0 Å². The summed E-state index contributed by atoms with van der Waals surface area (Å²) in [6.45, 7) is 5.80. The van der Waals surface area contributed by atoms with Crippen molar-refractivity contribution >= 4 is 5.91 Å². The minimum atomic E-state index is -0.236. The van der Waals surface area contributed by atoms with Gasteiger partial charge in [0.2, 0.25) is 0 Å². The van der Waals surface area contributed by atoms with Gasteiger partial charge in [-0.2, -0.15) is 5.26 Å². The first-order valence-electron chi connectivity index (χ1n) is 7.60. The van der Waals surface area contributed by atoms with E-state index in [9.17, 15) is 10.1 Å². The molecule has 5 nitrogen and oxygen atoms in total. The molecule has 116 valence electrons. The molecule has 0 aromatic heterocycles. The number of nitriles is 1. The molecule has 2 rings (SSSR count). The molecule has 0 bridgehead atoms. The fraction of sp³-hybridized carbons (Fsp3) is 0.750. The minimum absolute atomic E-state index is 0.114. The summed E-state index contributed by atoms with van der Waals surface area (Å²) in [6, 6.07) is 2.02. The maximum atomic E-state index is 12.5. The zero-order chi connectivity index (χ0) is 15.5. The number of piperidine rings is 1. The molecule has 2 atom stereocenters. The van der Waals surface area contributed by atoms with Crippen molar-refractivity contribution < 1.29 is 14.3 Å². The number of hydrogen-bond acceptors (Lipinski definition) is 4. The smallest absolute Gasteiger partial charge is 0.264 e. The lowest BCUT2D eigenvalue weighted by atomic mass is 9.85. The molecule has 0 N–H and O–H groups in total. The van der Waals surface area contributed by atoms with Crippen molar-refractivity contribution in [2.75, 3.05) is 26.8 Å². The van der Waals surface area contributed by atoms with E-state index >= 15 is 0 Å². The van der Waals surface area contributed by atoms with E-state index in [1.54, 1.807) is 18.1 Å². The second-order valence-electron chi connectivity index (χ2n) is 6.18. The highest BCUT2D eigenvalue weighted by Gasteiger charge is 2.47. The minimum Gasteiger partial charge on any atom is -0.377 e. The predicted molar refractivity (Wildman–Crippen MR) is 78.4 cm³/mol. The molecule has 2 aliphatic rings. The third kappa shape index (κ3) is 3.28. The summed E-state index contributed by atoms with van der Waals surface area (Å²) in [4.78, 5) is 14.2. The first-order valence-corrected chi connectivity index (χ1v) is 7.60. The van der Waals surface area contributed by atoms with Crippen LogP contribution in [-0.4, -0.2) is 49.3 Å². The summed E-state index contributed by atoms with van der Waals surface area (Å²) in [5.41, 5.74) is -0.0109. The van der Waals surface area contributed by atoms with Crippen LogP contribution >= 0.6 is 0 Å². The van der Waals surface area contributed by atoms with Gasteiger partial charge < -0.3 is 14.4 Å². The van der Waals surface area contributed by atoms with Crippen molar-refractivity contribution in [3.63, 3.8) is 0 Å². The number of hydrogen-bond donors (Lipinski definition) is 0. The molecule has 5 heteroatoms. The van der Waals surface area contributed by atoms with Gasteiger partial charge in [0.25, 0.3) is 5.91 Å². The van der Waals surface area contributed by atoms with Gasteiger partial charge in [0.05, 0.1) is 12.1 Å². The molecule has 0 aliphatic carbocycles.